The van der Waals surface area contributed by atoms with E-state index in [1.54, 1.807) is 0 Å². The topological polar surface area (TPSA) is 76.5 Å². The van der Waals surface area contributed by atoms with Gasteiger partial charge in [-0.3, -0.25) is 0 Å². The van der Waals surface area contributed by atoms with E-state index in [4.69, 9.17) is 14.6 Å². The molecule has 0 aliphatic rings. The highest BCUT2D eigenvalue weighted by atomic mass is 19.4. The molecule has 2 aromatic carbocycles. The highest BCUT2D eigenvalue weighted by Gasteiger charge is 2.36. The Morgan fingerprint density at radius 1 is 1.03 bits per heavy atom. The molecular weight excluding hydrogens is 468 g/mol. The van der Waals surface area contributed by atoms with Crippen LogP contribution in [0.5, 0.6) is 5.75 Å². The summed E-state index contributed by atoms with van der Waals surface area (Å²) in [5, 5.41) is 11.8. The van der Waals surface area contributed by atoms with Crippen molar-refractivity contribution >= 4 is 16.7 Å². The number of nitrogens with zero attached hydrogens (tertiary/aromatic N) is 2. The zero-order valence-electron chi connectivity index (χ0n) is 18.1. The summed E-state index contributed by atoms with van der Waals surface area (Å²) in [6, 6.07) is 5.26. The van der Waals surface area contributed by atoms with Gasteiger partial charge in [-0.2, -0.15) is 22.0 Å². The van der Waals surface area contributed by atoms with Crippen LogP contribution >= 0.6 is 0 Å². The summed E-state index contributed by atoms with van der Waals surface area (Å²) in [7, 11) is 1.37. The second-order valence-corrected chi connectivity index (χ2v) is 7.32. The summed E-state index contributed by atoms with van der Waals surface area (Å²) < 4.78 is 93.0. The molecule has 0 fully saturated rings. The fraction of sp³-hybridized carbons (Fsp3) is 0.364. The van der Waals surface area contributed by atoms with E-state index in [0.717, 1.165) is 18.2 Å². The van der Waals surface area contributed by atoms with Crippen molar-refractivity contribution in [3.8, 4) is 5.75 Å². The number of ether oxygens (including phenoxy) is 2. The van der Waals surface area contributed by atoms with Gasteiger partial charge in [0.05, 0.1) is 23.3 Å². The predicted octanol–water partition coefficient (Wildman–Crippen LogP) is 4.82. The summed E-state index contributed by atoms with van der Waals surface area (Å²) in [6.07, 6.45) is -4.72. The van der Waals surface area contributed by atoms with Crippen LogP contribution in [0.4, 0.5) is 32.2 Å². The number of anilines is 1. The van der Waals surface area contributed by atoms with Gasteiger partial charge in [-0.05, 0) is 25.1 Å². The lowest BCUT2D eigenvalue weighted by Gasteiger charge is -2.18. The van der Waals surface area contributed by atoms with Crippen LogP contribution in [-0.2, 0) is 23.4 Å². The van der Waals surface area contributed by atoms with E-state index in [-0.39, 0.29) is 47.9 Å². The van der Waals surface area contributed by atoms with Crippen molar-refractivity contribution in [2.45, 2.75) is 25.6 Å². The lowest BCUT2D eigenvalue weighted by atomic mass is 10.0. The highest BCUT2D eigenvalue weighted by Crippen LogP contribution is 2.40. The quantitative estimate of drug-likeness (QED) is 0.332. The van der Waals surface area contributed by atoms with Crippen molar-refractivity contribution < 1.29 is 40.9 Å². The number of aliphatic hydroxyl groups excluding tert-OH is 1. The van der Waals surface area contributed by atoms with Gasteiger partial charge in [-0.25, -0.2) is 14.4 Å². The maximum absolute atomic E-state index is 14.7. The molecule has 34 heavy (non-hydrogen) atoms. The summed E-state index contributed by atoms with van der Waals surface area (Å²) >= 11 is 0. The zero-order chi connectivity index (χ0) is 25.1. The Balaban J connectivity index is 2.01. The van der Waals surface area contributed by atoms with Crippen molar-refractivity contribution in [3.63, 3.8) is 0 Å². The molecule has 1 heterocycles. The van der Waals surface area contributed by atoms with Gasteiger partial charge >= 0.3 is 6.18 Å². The lowest BCUT2D eigenvalue weighted by molar-refractivity contribution is -0.138. The first kappa shape index (κ1) is 25.5. The monoisotopic (exact) mass is 489 g/mol. The summed E-state index contributed by atoms with van der Waals surface area (Å²) in [4.78, 5) is 8.21. The van der Waals surface area contributed by atoms with Gasteiger partial charge < -0.3 is 19.9 Å². The van der Waals surface area contributed by atoms with E-state index >= 15 is 0 Å². The van der Waals surface area contributed by atoms with Crippen molar-refractivity contribution in [2.75, 3.05) is 32.2 Å². The summed E-state index contributed by atoms with van der Waals surface area (Å²) in [5.74, 6) is -5.26. The largest absolute Gasteiger partial charge is 0.491 e. The maximum atomic E-state index is 14.7. The van der Waals surface area contributed by atoms with Gasteiger partial charge in [0, 0.05) is 24.6 Å². The molecule has 2 N–H and O–H groups in total. The Bertz CT molecular complexity index is 1170. The number of hydrogen-bond acceptors (Lipinski definition) is 6. The Labute approximate surface area is 190 Å². The van der Waals surface area contributed by atoms with E-state index < -0.39 is 41.4 Å². The standard InChI is InChI=1S/C22H21F6N3O3/c1-12-30-17-9-16(22(26,27)28)18(34-7-6-33-2)8-14(17)20(31-12)29-10-13-4-3-5-15(19(13)23)21(24,25)11-32/h3-5,8-9,32H,6-7,10-11H2,1-2H3,(H,29,30,31). The molecule has 12 heteroatoms. The fourth-order valence-electron chi connectivity index (χ4n) is 3.25. The van der Waals surface area contributed by atoms with Gasteiger partial charge in [-0.15, -0.1) is 0 Å². The number of alkyl halides is 5. The summed E-state index contributed by atoms with van der Waals surface area (Å²) in [6.45, 7) is -0.502. The molecular formula is C22H21F6N3O3. The van der Waals surface area contributed by atoms with Gasteiger partial charge in [0.25, 0.3) is 5.92 Å². The first-order valence-electron chi connectivity index (χ1n) is 9.99. The third-order valence-corrected chi connectivity index (χ3v) is 4.88. The molecule has 184 valence electrons. The molecule has 0 aliphatic carbocycles. The Morgan fingerprint density at radius 2 is 1.76 bits per heavy atom. The van der Waals surface area contributed by atoms with Crippen LogP contribution in [0.3, 0.4) is 0 Å². The van der Waals surface area contributed by atoms with Crippen molar-refractivity contribution in [2.24, 2.45) is 0 Å². The second-order valence-electron chi connectivity index (χ2n) is 7.32. The third kappa shape index (κ3) is 5.50. The van der Waals surface area contributed by atoms with Crippen LogP contribution in [0, 0.1) is 12.7 Å². The molecule has 0 radical (unpaired) electrons. The van der Waals surface area contributed by atoms with Crippen molar-refractivity contribution in [3.05, 3.63) is 58.7 Å². The minimum Gasteiger partial charge on any atom is -0.491 e. The molecule has 3 aromatic rings. The van der Waals surface area contributed by atoms with Crippen LogP contribution in [0.25, 0.3) is 10.9 Å². The average Bonchev–Trinajstić information content (AvgIpc) is 2.77. The van der Waals surface area contributed by atoms with Gasteiger partial charge in [0.2, 0.25) is 0 Å². The number of nitrogens with one attached hydrogen (secondary N) is 1. The molecule has 0 saturated carbocycles. The SMILES string of the molecule is COCCOc1cc2c(NCc3cccc(C(F)(F)CO)c3F)nc(C)nc2cc1C(F)(F)F. The number of benzene rings is 2. The molecule has 0 spiro atoms. The molecule has 0 bridgehead atoms. The van der Waals surface area contributed by atoms with Crippen LogP contribution in [-0.4, -0.2) is 42.0 Å². The number of halogens is 6. The highest BCUT2D eigenvalue weighted by molar-refractivity contribution is 5.91. The van der Waals surface area contributed by atoms with Crippen LogP contribution in [0.15, 0.2) is 30.3 Å². The zero-order valence-corrected chi connectivity index (χ0v) is 18.1. The minimum atomic E-state index is -4.72. The van der Waals surface area contributed by atoms with Crippen molar-refractivity contribution in [1.82, 2.24) is 9.97 Å². The Kier molecular flexibility index (Phi) is 7.51. The number of hydrogen-bond donors (Lipinski definition) is 2. The number of fused-ring (bicyclic) bond motifs is 1. The number of aliphatic hydroxyl groups is 1. The Hall–Kier alpha value is -3.12. The number of methoxy groups -OCH3 is 1. The maximum Gasteiger partial charge on any atom is 0.420 e. The normalized spacial score (nSPS) is 12.3. The molecule has 3 rings (SSSR count). The average molecular weight is 489 g/mol. The number of rotatable bonds is 9. The lowest BCUT2D eigenvalue weighted by Crippen LogP contribution is -2.21. The van der Waals surface area contributed by atoms with E-state index in [2.05, 4.69) is 15.3 Å². The minimum absolute atomic E-state index is 0.0394. The van der Waals surface area contributed by atoms with Crippen molar-refractivity contribution in [1.29, 1.82) is 0 Å². The molecule has 0 unspecified atom stereocenters. The van der Waals surface area contributed by atoms with Gasteiger partial charge in [0.1, 0.15) is 36.4 Å². The predicted molar refractivity (Wildman–Crippen MR) is 111 cm³/mol. The first-order valence-corrected chi connectivity index (χ1v) is 9.99. The molecule has 0 atom stereocenters. The van der Waals surface area contributed by atoms with Crippen LogP contribution < -0.4 is 10.1 Å². The molecule has 1 aromatic heterocycles. The fourth-order valence-corrected chi connectivity index (χ4v) is 3.25. The number of aromatic nitrogens is 2. The number of aryl methyl sites for hydroxylation is 1. The second kappa shape index (κ2) is 10.0. The van der Waals surface area contributed by atoms with Gasteiger partial charge in [0.15, 0.2) is 0 Å². The molecule has 0 amide bonds. The van der Waals surface area contributed by atoms with Crippen LogP contribution in [0.1, 0.15) is 22.5 Å². The van der Waals surface area contributed by atoms with Gasteiger partial charge in [-0.1, -0.05) is 12.1 Å². The third-order valence-electron chi connectivity index (χ3n) is 4.88. The van der Waals surface area contributed by atoms with Crippen LogP contribution in [0.2, 0.25) is 0 Å². The Morgan fingerprint density at radius 3 is 2.41 bits per heavy atom. The molecule has 6 nitrogen and oxygen atoms in total. The van der Waals surface area contributed by atoms with E-state index in [0.29, 0.717) is 0 Å². The first-order chi connectivity index (χ1) is 16.0. The summed E-state index contributed by atoms with van der Waals surface area (Å²) in [5.41, 5.74) is -2.20. The van der Waals surface area contributed by atoms with E-state index in [9.17, 15) is 26.3 Å². The smallest absolute Gasteiger partial charge is 0.420 e. The van der Waals surface area contributed by atoms with E-state index in [1.807, 2.05) is 0 Å². The molecule has 0 aliphatic heterocycles. The molecule has 0 saturated heterocycles. The van der Waals surface area contributed by atoms with E-state index in [1.165, 1.54) is 26.2 Å².